The van der Waals surface area contributed by atoms with E-state index in [4.69, 9.17) is 0 Å². The minimum atomic E-state index is -0.257. The summed E-state index contributed by atoms with van der Waals surface area (Å²) in [6, 6.07) is 11.0. The molecule has 2 rings (SSSR count). The number of hydrogen-bond donors (Lipinski definition) is 0. The molecule has 0 heterocycles. The van der Waals surface area contributed by atoms with Crippen molar-refractivity contribution in [3.8, 4) is 0 Å². The molecule has 0 nitrogen and oxygen atoms in total. The third kappa shape index (κ3) is 9.53. The van der Waals surface area contributed by atoms with E-state index >= 15 is 0 Å². The number of allylic oxidation sites excluding steroid dienone is 4. The van der Waals surface area contributed by atoms with Gasteiger partial charge in [-0.2, -0.15) is 5.57 Å². The van der Waals surface area contributed by atoms with Crippen LogP contribution in [0.1, 0.15) is 52.4 Å². The van der Waals surface area contributed by atoms with Gasteiger partial charge >= 0.3 is 21.7 Å². The van der Waals surface area contributed by atoms with Crippen molar-refractivity contribution in [2.24, 2.45) is 0 Å². The first-order valence-corrected chi connectivity index (χ1v) is 9.11. The molecule has 0 bridgehead atoms. The van der Waals surface area contributed by atoms with Crippen molar-refractivity contribution in [1.29, 1.82) is 0 Å². The molecule has 0 spiro atoms. The fourth-order valence-corrected chi connectivity index (χ4v) is 4.78. The summed E-state index contributed by atoms with van der Waals surface area (Å²) in [7, 11) is -0.257. The first-order chi connectivity index (χ1) is 9.33. The summed E-state index contributed by atoms with van der Waals surface area (Å²) in [4.78, 5) is 0. The maximum atomic E-state index is 3.70. The topological polar surface area (TPSA) is 0 Å². The Labute approximate surface area is 177 Å². The molecule has 0 atom stereocenters. The second-order valence-electron chi connectivity index (χ2n) is 5.46. The van der Waals surface area contributed by atoms with Gasteiger partial charge in [0, 0.05) is 0 Å². The molecule has 1 aliphatic carbocycles. The van der Waals surface area contributed by atoms with Gasteiger partial charge in [0.15, 0.2) is 0 Å². The van der Waals surface area contributed by atoms with Gasteiger partial charge in [-0.05, 0) is 9.52 Å². The zero-order valence-electron chi connectivity index (χ0n) is 14.0. The standard InChI is InChI=1S/C18H25Si.3ClH.Ti/c1-3-5-7-10-15-13-16(4-2)18(14-15)19-17-11-8-6-9-12-17;;;;/h6,8-9,11-12H,3-5,7,10,14,19H2,1-2H3;3*1H;/q-1;;;;+4/p-3. The van der Waals surface area contributed by atoms with Crippen LogP contribution in [0.25, 0.3) is 0 Å². The van der Waals surface area contributed by atoms with Crippen LogP contribution in [0.4, 0.5) is 0 Å². The average molecular weight is 424 g/mol. The molecule has 0 unspecified atom stereocenters. The minimum Gasteiger partial charge on any atom is -1.00 e. The summed E-state index contributed by atoms with van der Waals surface area (Å²) < 4.78 is 0. The molecule has 0 aromatic heterocycles. The van der Waals surface area contributed by atoms with Crippen LogP contribution in [0.15, 0.2) is 46.7 Å². The van der Waals surface area contributed by atoms with Crippen molar-refractivity contribution in [3.05, 3.63) is 52.8 Å². The van der Waals surface area contributed by atoms with Gasteiger partial charge in [0.1, 0.15) is 0 Å². The van der Waals surface area contributed by atoms with Crippen LogP contribution in [-0.4, -0.2) is 9.52 Å². The summed E-state index contributed by atoms with van der Waals surface area (Å²) in [5.41, 5.74) is 3.10. The Kier molecular flexibility index (Phi) is 19.7. The molecule has 0 N–H and O–H groups in total. The van der Waals surface area contributed by atoms with Crippen molar-refractivity contribution in [2.75, 3.05) is 0 Å². The first kappa shape index (κ1) is 28.3. The molecule has 23 heavy (non-hydrogen) atoms. The Hall–Kier alpha value is 0.501. The summed E-state index contributed by atoms with van der Waals surface area (Å²) >= 11 is 0. The number of halogens is 3. The predicted octanol–water partition coefficient (Wildman–Crippen LogP) is -5.13. The molecule has 0 fully saturated rings. The van der Waals surface area contributed by atoms with E-state index in [1.807, 2.05) is 0 Å². The summed E-state index contributed by atoms with van der Waals surface area (Å²) in [5, 5.41) is 3.31. The summed E-state index contributed by atoms with van der Waals surface area (Å²) in [6.45, 7) is 4.55. The molecule has 1 aromatic rings. The zero-order chi connectivity index (χ0) is 13.5. The van der Waals surface area contributed by atoms with E-state index in [0.717, 1.165) is 6.42 Å². The van der Waals surface area contributed by atoms with Crippen LogP contribution < -0.4 is 42.4 Å². The predicted molar refractivity (Wildman–Crippen MR) is 87.5 cm³/mol. The van der Waals surface area contributed by atoms with Gasteiger partial charge < -0.3 is 37.2 Å². The molecule has 0 saturated carbocycles. The van der Waals surface area contributed by atoms with Crippen molar-refractivity contribution in [1.82, 2.24) is 0 Å². The fraction of sp³-hybridized carbons (Fsp3) is 0.444. The van der Waals surface area contributed by atoms with E-state index < -0.39 is 0 Å². The van der Waals surface area contributed by atoms with Gasteiger partial charge in [-0.25, -0.2) is 16.8 Å². The van der Waals surface area contributed by atoms with Gasteiger partial charge in [-0.15, -0.1) is 0 Å². The Morgan fingerprint density at radius 1 is 1.00 bits per heavy atom. The molecule has 1 aromatic carbocycles. The van der Waals surface area contributed by atoms with Crippen LogP contribution in [0, 0.1) is 6.08 Å². The largest absolute Gasteiger partial charge is 4.00 e. The van der Waals surface area contributed by atoms with Crippen molar-refractivity contribution in [2.45, 2.75) is 52.4 Å². The molecular weight excluding hydrogens is 399 g/mol. The van der Waals surface area contributed by atoms with Crippen molar-refractivity contribution in [3.63, 3.8) is 0 Å². The van der Waals surface area contributed by atoms with Crippen LogP contribution in [0.5, 0.6) is 0 Å². The first-order valence-electron chi connectivity index (χ1n) is 7.70. The number of unbranched alkanes of at least 4 members (excludes halogenated alkanes) is 2. The van der Waals surface area contributed by atoms with Gasteiger partial charge in [0.05, 0.1) is 0 Å². The van der Waals surface area contributed by atoms with Gasteiger partial charge in [0.2, 0.25) is 0 Å². The van der Waals surface area contributed by atoms with E-state index in [-0.39, 0.29) is 68.5 Å². The molecule has 0 saturated heterocycles. The monoisotopic (exact) mass is 422 g/mol. The Morgan fingerprint density at radius 3 is 2.22 bits per heavy atom. The molecule has 0 aliphatic heterocycles. The smallest absolute Gasteiger partial charge is 1.00 e. The SMILES string of the molecule is CCCCCC1=[C-]C(CC)=C([SiH2]c2ccccc2)C1.[Cl-].[Cl-].[Cl-].[Ti+4]. The van der Waals surface area contributed by atoms with Crippen LogP contribution in [0.2, 0.25) is 0 Å². The fourth-order valence-electron chi connectivity index (χ4n) is 2.80. The third-order valence-electron chi connectivity index (χ3n) is 3.88. The molecule has 5 heteroatoms. The Bertz CT molecular complexity index is 472. The van der Waals surface area contributed by atoms with Crippen LogP contribution >= 0.6 is 0 Å². The van der Waals surface area contributed by atoms with Gasteiger partial charge in [-0.3, -0.25) is 0 Å². The minimum absolute atomic E-state index is 0. The van der Waals surface area contributed by atoms with Crippen LogP contribution in [-0.2, 0) is 21.7 Å². The molecule has 1 aliphatic rings. The van der Waals surface area contributed by atoms with E-state index in [0.29, 0.717) is 0 Å². The second kappa shape index (κ2) is 16.0. The number of rotatable bonds is 7. The van der Waals surface area contributed by atoms with Crippen molar-refractivity contribution < 1.29 is 58.9 Å². The number of hydrogen-bond acceptors (Lipinski definition) is 0. The number of benzene rings is 1. The Balaban J connectivity index is -0.000001000. The zero-order valence-corrected chi connectivity index (χ0v) is 19.2. The van der Waals surface area contributed by atoms with Crippen LogP contribution in [0.3, 0.4) is 0 Å². The third-order valence-corrected chi connectivity index (χ3v) is 5.86. The molecule has 126 valence electrons. The maximum absolute atomic E-state index is 3.70. The summed E-state index contributed by atoms with van der Waals surface area (Å²) in [5.74, 6) is 0. The quantitative estimate of drug-likeness (QED) is 0.234. The van der Waals surface area contributed by atoms with Gasteiger partial charge in [0.25, 0.3) is 0 Å². The second-order valence-corrected chi connectivity index (χ2v) is 7.48. The van der Waals surface area contributed by atoms with Gasteiger partial charge in [-0.1, -0.05) is 87.9 Å². The van der Waals surface area contributed by atoms with E-state index in [1.165, 1.54) is 37.7 Å². The summed E-state index contributed by atoms with van der Waals surface area (Å²) in [6.07, 6.45) is 11.4. The van der Waals surface area contributed by atoms with Crippen molar-refractivity contribution >= 4 is 14.7 Å². The maximum Gasteiger partial charge on any atom is 4.00 e. The Morgan fingerprint density at radius 2 is 1.65 bits per heavy atom. The van der Waals surface area contributed by atoms with E-state index in [9.17, 15) is 0 Å². The van der Waals surface area contributed by atoms with E-state index in [1.54, 1.807) is 16.0 Å². The molecule has 0 amide bonds. The average Bonchev–Trinajstić information content (AvgIpc) is 2.82. The van der Waals surface area contributed by atoms with E-state index in [2.05, 4.69) is 50.3 Å². The normalized spacial score (nSPS) is 12.9. The molecular formula is C18H25Cl3SiTi. The molecule has 0 radical (unpaired) electrons.